The van der Waals surface area contributed by atoms with Gasteiger partial charge in [0.2, 0.25) is 0 Å². The van der Waals surface area contributed by atoms with Crippen molar-refractivity contribution in [3.05, 3.63) is 83.7 Å². The topological polar surface area (TPSA) is 63.2 Å². The monoisotopic (exact) mass is 389 g/mol. The molecule has 29 heavy (non-hydrogen) atoms. The van der Waals surface area contributed by atoms with Gasteiger partial charge in [-0.1, -0.05) is 51.1 Å². The summed E-state index contributed by atoms with van der Waals surface area (Å²) in [4.78, 5) is 16.8. The van der Waals surface area contributed by atoms with E-state index in [1.165, 1.54) is 5.56 Å². The second-order valence-electron chi connectivity index (χ2n) is 7.88. The van der Waals surface area contributed by atoms with Gasteiger partial charge in [-0.3, -0.25) is 9.78 Å². The molecule has 0 fully saturated rings. The molecule has 0 saturated heterocycles. The first-order chi connectivity index (χ1) is 13.9. The number of rotatable bonds is 6. The van der Waals surface area contributed by atoms with Crippen LogP contribution < -0.4 is 15.4 Å². The molecule has 0 unspecified atom stereocenters. The molecule has 3 aromatic rings. The number of nitrogens with zero attached hydrogens (tertiary/aromatic N) is 1. The molecule has 0 saturated carbocycles. The maximum Gasteiger partial charge on any atom is 0.274 e. The number of ether oxygens (including phenoxy) is 1. The SMILES string of the molecule is COc1ccccc1CNc1ccnc(C(=O)Nc2ccc(C(C)(C)C)cc2)c1. The van der Waals surface area contributed by atoms with E-state index in [4.69, 9.17) is 4.74 Å². The first-order valence-corrected chi connectivity index (χ1v) is 9.60. The molecule has 0 atom stereocenters. The summed E-state index contributed by atoms with van der Waals surface area (Å²) < 4.78 is 5.37. The van der Waals surface area contributed by atoms with Gasteiger partial charge in [0.25, 0.3) is 5.91 Å². The van der Waals surface area contributed by atoms with Gasteiger partial charge in [0.05, 0.1) is 7.11 Å². The van der Waals surface area contributed by atoms with E-state index in [9.17, 15) is 4.79 Å². The molecule has 5 heteroatoms. The zero-order valence-electron chi connectivity index (χ0n) is 17.3. The number of methoxy groups -OCH3 is 1. The number of para-hydroxylation sites is 1. The smallest absolute Gasteiger partial charge is 0.274 e. The van der Waals surface area contributed by atoms with Crippen molar-refractivity contribution in [1.82, 2.24) is 4.98 Å². The molecule has 0 radical (unpaired) electrons. The van der Waals surface area contributed by atoms with Crippen LogP contribution in [-0.4, -0.2) is 18.0 Å². The van der Waals surface area contributed by atoms with Gasteiger partial charge in [-0.2, -0.15) is 0 Å². The van der Waals surface area contributed by atoms with Gasteiger partial charge >= 0.3 is 0 Å². The molecule has 3 rings (SSSR count). The Bertz CT molecular complexity index is 976. The highest BCUT2D eigenvalue weighted by Crippen LogP contribution is 2.24. The van der Waals surface area contributed by atoms with E-state index in [-0.39, 0.29) is 11.3 Å². The molecule has 5 nitrogen and oxygen atoms in total. The molecule has 2 aromatic carbocycles. The second-order valence-corrected chi connectivity index (χ2v) is 7.88. The van der Waals surface area contributed by atoms with Crippen LogP contribution >= 0.6 is 0 Å². The van der Waals surface area contributed by atoms with Crippen LogP contribution in [0.2, 0.25) is 0 Å². The Hall–Kier alpha value is -3.34. The summed E-state index contributed by atoms with van der Waals surface area (Å²) in [6, 6.07) is 19.3. The standard InChI is InChI=1S/C24H27N3O2/c1-24(2,3)18-9-11-19(12-10-18)27-23(28)21-15-20(13-14-25-21)26-16-17-7-5-6-8-22(17)29-4/h5-15H,16H2,1-4H3,(H,25,26)(H,27,28). The number of hydrogen-bond acceptors (Lipinski definition) is 4. The zero-order chi connectivity index (χ0) is 20.9. The third-order valence-electron chi connectivity index (χ3n) is 4.68. The van der Waals surface area contributed by atoms with Crippen molar-refractivity contribution in [3.8, 4) is 5.75 Å². The van der Waals surface area contributed by atoms with Gasteiger partial charge in [-0.25, -0.2) is 0 Å². The molecule has 0 aliphatic heterocycles. The average molecular weight is 389 g/mol. The Labute approximate surface area is 172 Å². The van der Waals surface area contributed by atoms with Crippen LogP contribution in [0.4, 0.5) is 11.4 Å². The first kappa shape index (κ1) is 20.4. The fourth-order valence-electron chi connectivity index (χ4n) is 2.96. The van der Waals surface area contributed by atoms with Crippen molar-refractivity contribution in [2.24, 2.45) is 0 Å². The van der Waals surface area contributed by atoms with Gasteiger partial charge in [0, 0.05) is 29.7 Å². The third-order valence-corrected chi connectivity index (χ3v) is 4.68. The lowest BCUT2D eigenvalue weighted by molar-refractivity contribution is 0.102. The van der Waals surface area contributed by atoms with E-state index in [0.717, 1.165) is 22.7 Å². The maximum absolute atomic E-state index is 12.6. The van der Waals surface area contributed by atoms with Crippen LogP contribution in [0.1, 0.15) is 42.4 Å². The summed E-state index contributed by atoms with van der Waals surface area (Å²) in [7, 11) is 1.65. The number of amides is 1. The number of aromatic nitrogens is 1. The van der Waals surface area contributed by atoms with Gasteiger partial charge in [-0.05, 0) is 41.3 Å². The largest absolute Gasteiger partial charge is 0.496 e. The van der Waals surface area contributed by atoms with E-state index in [0.29, 0.717) is 12.2 Å². The first-order valence-electron chi connectivity index (χ1n) is 9.60. The molecule has 150 valence electrons. The molecule has 2 N–H and O–H groups in total. The molecule has 0 bridgehead atoms. The van der Waals surface area contributed by atoms with Gasteiger partial charge in [-0.15, -0.1) is 0 Å². The predicted molar refractivity (Wildman–Crippen MR) is 118 cm³/mol. The summed E-state index contributed by atoms with van der Waals surface area (Å²) in [5, 5.41) is 6.23. The maximum atomic E-state index is 12.6. The summed E-state index contributed by atoms with van der Waals surface area (Å²) in [6.45, 7) is 7.07. The molecule has 1 aromatic heterocycles. The zero-order valence-corrected chi connectivity index (χ0v) is 17.3. The fraction of sp³-hybridized carbons (Fsp3) is 0.250. The van der Waals surface area contributed by atoms with E-state index in [2.05, 4.69) is 36.4 Å². The third kappa shape index (κ3) is 5.35. The van der Waals surface area contributed by atoms with Crippen LogP contribution in [0.3, 0.4) is 0 Å². The number of carbonyl (C=O) groups excluding carboxylic acids is 1. The van der Waals surface area contributed by atoms with Gasteiger partial charge < -0.3 is 15.4 Å². The Morgan fingerprint density at radius 1 is 1.00 bits per heavy atom. The molecule has 0 spiro atoms. The number of nitrogens with one attached hydrogen (secondary N) is 2. The van der Waals surface area contributed by atoms with Crippen LogP contribution in [0.5, 0.6) is 5.75 Å². The van der Waals surface area contributed by atoms with Gasteiger partial charge in [0.15, 0.2) is 0 Å². The highest BCUT2D eigenvalue weighted by molar-refractivity contribution is 6.03. The minimum absolute atomic E-state index is 0.0749. The Morgan fingerprint density at radius 3 is 2.41 bits per heavy atom. The lowest BCUT2D eigenvalue weighted by atomic mass is 9.87. The van der Waals surface area contributed by atoms with Crippen LogP contribution in [0.15, 0.2) is 66.9 Å². The minimum Gasteiger partial charge on any atom is -0.496 e. The van der Waals surface area contributed by atoms with E-state index >= 15 is 0 Å². The predicted octanol–water partition coefficient (Wildman–Crippen LogP) is 5.25. The molecule has 1 amide bonds. The molecular weight excluding hydrogens is 362 g/mol. The summed E-state index contributed by atoms with van der Waals surface area (Å²) in [5.41, 5.74) is 4.25. The van der Waals surface area contributed by atoms with Gasteiger partial charge in [0.1, 0.15) is 11.4 Å². The number of hydrogen-bond donors (Lipinski definition) is 2. The highest BCUT2D eigenvalue weighted by atomic mass is 16.5. The van der Waals surface area contributed by atoms with Crippen molar-refractivity contribution >= 4 is 17.3 Å². The minimum atomic E-state index is -0.241. The van der Waals surface area contributed by atoms with Crippen molar-refractivity contribution in [2.75, 3.05) is 17.7 Å². The Kier molecular flexibility index (Phi) is 6.17. The molecule has 0 aliphatic rings. The number of pyridine rings is 1. The Balaban J connectivity index is 1.66. The van der Waals surface area contributed by atoms with E-state index < -0.39 is 0 Å². The van der Waals surface area contributed by atoms with E-state index in [1.54, 1.807) is 19.4 Å². The van der Waals surface area contributed by atoms with Crippen molar-refractivity contribution in [2.45, 2.75) is 32.7 Å². The van der Waals surface area contributed by atoms with Crippen molar-refractivity contribution in [3.63, 3.8) is 0 Å². The van der Waals surface area contributed by atoms with E-state index in [1.807, 2.05) is 54.6 Å². The number of benzene rings is 2. The molecule has 1 heterocycles. The van der Waals surface area contributed by atoms with Crippen molar-refractivity contribution < 1.29 is 9.53 Å². The second kappa shape index (κ2) is 8.78. The van der Waals surface area contributed by atoms with Crippen molar-refractivity contribution in [1.29, 1.82) is 0 Å². The number of carbonyl (C=O) groups is 1. The summed E-state index contributed by atoms with van der Waals surface area (Å²) in [6.07, 6.45) is 1.63. The summed E-state index contributed by atoms with van der Waals surface area (Å²) >= 11 is 0. The normalized spacial score (nSPS) is 11.0. The lowest BCUT2D eigenvalue weighted by Gasteiger charge is -2.19. The highest BCUT2D eigenvalue weighted by Gasteiger charge is 2.14. The molecule has 0 aliphatic carbocycles. The summed E-state index contributed by atoms with van der Waals surface area (Å²) in [5.74, 6) is 0.583. The van der Waals surface area contributed by atoms with Crippen LogP contribution in [-0.2, 0) is 12.0 Å². The van der Waals surface area contributed by atoms with Crippen LogP contribution in [0, 0.1) is 0 Å². The fourth-order valence-corrected chi connectivity index (χ4v) is 2.96. The lowest BCUT2D eigenvalue weighted by Crippen LogP contribution is -2.15. The Morgan fingerprint density at radius 2 is 1.72 bits per heavy atom. The average Bonchev–Trinajstić information content (AvgIpc) is 2.72. The quantitative estimate of drug-likeness (QED) is 0.604. The number of anilines is 2. The molecular formula is C24H27N3O2. The van der Waals surface area contributed by atoms with Crippen LogP contribution in [0.25, 0.3) is 0 Å².